The standard InChI is InChI=1S/C14H19FO4/c1-11-4-5-12(13(15)10-11)14(16)19-9-8-18-7-3-6-17-2/h4-5,10H,3,6-9H2,1-2H3. The van der Waals surface area contributed by atoms with Gasteiger partial charge in [0.1, 0.15) is 12.4 Å². The first-order valence-electron chi connectivity index (χ1n) is 6.15. The highest BCUT2D eigenvalue weighted by atomic mass is 19.1. The van der Waals surface area contributed by atoms with E-state index in [1.807, 2.05) is 0 Å². The third-order valence-electron chi connectivity index (χ3n) is 2.44. The molecule has 1 rings (SSSR count). The minimum Gasteiger partial charge on any atom is -0.460 e. The van der Waals surface area contributed by atoms with Gasteiger partial charge in [-0.25, -0.2) is 9.18 Å². The Kier molecular flexibility index (Phi) is 7.07. The number of carbonyl (C=O) groups excluding carboxylic acids is 1. The molecule has 0 unspecified atom stereocenters. The lowest BCUT2D eigenvalue weighted by atomic mass is 10.1. The van der Waals surface area contributed by atoms with Crippen molar-refractivity contribution in [3.63, 3.8) is 0 Å². The van der Waals surface area contributed by atoms with E-state index in [2.05, 4.69) is 0 Å². The molecule has 0 saturated heterocycles. The van der Waals surface area contributed by atoms with Crippen molar-refractivity contribution < 1.29 is 23.4 Å². The van der Waals surface area contributed by atoms with E-state index in [1.54, 1.807) is 20.1 Å². The van der Waals surface area contributed by atoms with Gasteiger partial charge in [0.05, 0.1) is 12.2 Å². The molecule has 0 fully saturated rings. The summed E-state index contributed by atoms with van der Waals surface area (Å²) in [5, 5.41) is 0. The minimum atomic E-state index is -0.669. The molecule has 0 aliphatic heterocycles. The first-order chi connectivity index (χ1) is 9.15. The molecule has 4 nitrogen and oxygen atoms in total. The lowest BCUT2D eigenvalue weighted by molar-refractivity contribution is 0.0284. The van der Waals surface area contributed by atoms with Gasteiger partial charge in [-0.05, 0) is 31.0 Å². The summed E-state index contributed by atoms with van der Waals surface area (Å²) in [5.41, 5.74) is 0.709. The number of benzene rings is 1. The molecule has 0 atom stereocenters. The van der Waals surface area contributed by atoms with Crippen LogP contribution in [0.25, 0.3) is 0 Å². The SMILES string of the molecule is COCCCOCCOC(=O)c1ccc(C)cc1F. The topological polar surface area (TPSA) is 44.8 Å². The Bertz CT molecular complexity index is 406. The van der Waals surface area contributed by atoms with Crippen LogP contribution in [0.3, 0.4) is 0 Å². The second-order valence-corrected chi connectivity index (χ2v) is 4.08. The fourth-order valence-corrected chi connectivity index (χ4v) is 1.46. The maximum atomic E-state index is 13.5. The molecule has 0 saturated carbocycles. The summed E-state index contributed by atoms with van der Waals surface area (Å²) in [4.78, 5) is 11.6. The first-order valence-corrected chi connectivity index (χ1v) is 6.15. The Morgan fingerprint density at radius 1 is 1.21 bits per heavy atom. The summed E-state index contributed by atoms with van der Waals surface area (Å²) in [6, 6.07) is 4.39. The van der Waals surface area contributed by atoms with Crippen molar-refractivity contribution in [2.45, 2.75) is 13.3 Å². The van der Waals surface area contributed by atoms with Gasteiger partial charge in [-0.15, -0.1) is 0 Å². The van der Waals surface area contributed by atoms with E-state index in [-0.39, 0.29) is 12.2 Å². The smallest absolute Gasteiger partial charge is 0.341 e. The van der Waals surface area contributed by atoms with E-state index in [9.17, 15) is 9.18 Å². The predicted molar refractivity (Wildman–Crippen MR) is 68.7 cm³/mol. The summed E-state index contributed by atoms with van der Waals surface area (Å²) in [6.07, 6.45) is 0.789. The van der Waals surface area contributed by atoms with Crippen molar-refractivity contribution >= 4 is 5.97 Å². The highest BCUT2D eigenvalue weighted by molar-refractivity contribution is 5.89. The number of methoxy groups -OCH3 is 1. The van der Waals surface area contributed by atoms with Crippen LogP contribution >= 0.6 is 0 Å². The number of hydrogen-bond donors (Lipinski definition) is 0. The first kappa shape index (κ1) is 15.6. The van der Waals surface area contributed by atoms with Crippen molar-refractivity contribution in [3.05, 3.63) is 35.1 Å². The Hall–Kier alpha value is -1.46. The average Bonchev–Trinajstić information content (AvgIpc) is 2.37. The molecule has 0 aliphatic rings. The highest BCUT2D eigenvalue weighted by Gasteiger charge is 2.12. The molecule has 0 radical (unpaired) electrons. The molecule has 19 heavy (non-hydrogen) atoms. The van der Waals surface area contributed by atoms with E-state index in [1.165, 1.54) is 12.1 Å². The van der Waals surface area contributed by atoms with Crippen LogP contribution in [-0.4, -0.2) is 39.5 Å². The van der Waals surface area contributed by atoms with Crippen molar-refractivity contribution in [3.8, 4) is 0 Å². The van der Waals surface area contributed by atoms with Crippen LogP contribution in [0.1, 0.15) is 22.3 Å². The van der Waals surface area contributed by atoms with Crippen molar-refractivity contribution in [1.82, 2.24) is 0 Å². The molecule has 0 spiro atoms. The maximum Gasteiger partial charge on any atom is 0.341 e. The van der Waals surface area contributed by atoms with Gasteiger partial charge in [0, 0.05) is 20.3 Å². The molecule has 0 aliphatic carbocycles. The lowest BCUT2D eigenvalue weighted by Gasteiger charge is -2.07. The van der Waals surface area contributed by atoms with Gasteiger partial charge in [0.15, 0.2) is 0 Å². The predicted octanol–water partition coefficient (Wildman–Crippen LogP) is 2.34. The molecular weight excluding hydrogens is 251 g/mol. The minimum absolute atomic E-state index is 0.0509. The zero-order chi connectivity index (χ0) is 14.1. The normalized spacial score (nSPS) is 10.5. The van der Waals surface area contributed by atoms with Gasteiger partial charge in [0.25, 0.3) is 0 Å². The number of rotatable bonds is 8. The van der Waals surface area contributed by atoms with Crippen LogP contribution in [-0.2, 0) is 14.2 Å². The fraction of sp³-hybridized carbons (Fsp3) is 0.500. The number of halogens is 1. The molecule has 0 heterocycles. The number of aryl methyl sites for hydroxylation is 1. The van der Waals surface area contributed by atoms with Crippen LogP contribution < -0.4 is 0 Å². The number of esters is 1. The van der Waals surface area contributed by atoms with Crippen LogP contribution in [0.2, 0.25) is 0 Å². The molecule has 0 amide bonds. The number of hydrogen-bond acceptors (Lipinski definition) is 4. The Labute approximate surface area is 112 Å². The fourth-order valence-electron chi connectivity index (χ4n) is 1.46. The third kappa shape index (κ3) is 5.81. The largest absolute Gasteiger partial charge is 0.460 e. The summed E-state index contributed by atoms with van der Waals surface area (Å²) in [5.74, 6) is -1.23. The van der Waals surface area contributed by atoms with E-state index >= 15 is 0 Å². The van der Waals surface area contributed by atoms with Gasteiger partial charge in [-0.3, -0.25) is 0 Å². The van der Waals surface area contributed by atoms with E-state index in [0.29, 0.717) is 19.8 Å². The summed E-state index contributed by atoms with van der Waals surface area (Å²) in [7, 11) is 1.62. The zero-order valence-electron chi connectivity index (χ0n) is 11.3. The van der Waals surface area contributed by atoms with E-state index in [0.717, 1.165) is 12.0 Å². The van der Waals surface area contributed by atoms with Crippen molar-refractivity contribution in [2.75, 3.05) is 33.5 Å². The van der Waals surface area contributed by atoms with Crippen LogP contribution in [0, 0.1) is 12.7 Å². The Morgan fingerprint density at radius 2 is 2.00 bits per heavy atom. The second kappa shape index (κ2) is 8.61. The van der Waals surface area contributed by atoms with E-state index in [4.69, 9.17) is 14.2 Å². The van der Waals surface area contributed by atoms with E-state index < -0.39 is 11.8 Å². The summed E-state index contributed by atoms with van der Waals surface area (Å²) in [6.45, 7) is 3.34. The molecule has 0 N–H and O–H groups in total. The Morgan fingerprint density at radius 3 is 2.68 bits per heavy atom. The number of carbonyl (C=O) groups is 1. The molecule has 0 aromatic heterocycles. The van der Waals surface area contributed by atoms with Gasteiger partial charge < -0.3 is 14.2 Å². The highest BCUT2D eigenvalue weighted by Crippen LogP contribution is 2.10. The molecule has 1 aromatic rings. The number of ether oxygens (including phenoxy) is 3. The Balaban J connectivity index is 2.24. The average molecular weight is 270 g/mol. The molecule has 0 bridgehead atoms. The molecule has 106 valence electrons. The third-order valence-corrected chi connectivity index (χ3v) is 2.44. The van der Waals surface area contributed by atoms with Gasteiger partial charge in [0.2, 0.25) is 0 Å². The maximum absolute atomic E-state index is 13.5. The van der Waals surface area contributed by atoms with Crippen molar-refractivity contribution in [1.29, 1.82) is 0 Å². The molecular formula is C14H19FO4. The summed E-state index contributed by atoms with van der Waals surface area (Å²) < 4.78 is 28.5. The summed E-state index contributed by atoms with van der Waals surface area (Å²) >= 11 is 0. The van der Waals surface area contributed by atoms with Crippen LogP contribution in [0.15, 0.2) is 18.2 Å². The van der Waals surface area contributed by atoms with Gasteiger partial charge in [-0.2, -0.15) is 0 Å². The lowest BCUT2D eigenvalue weighted by Crippen LogP contribution is -2.13. The van der Waals surface area contributed by atoms with Crippen LogP contribution in [0.5, 0.6) is 0 Å². The second-order valence-electron chi connectivity index (χ2n) is 4.08. The monoisotopic (exact) mass is 270 g/mol. The molecule has 1 aromatic carbocycles. The zero-order valence-corrected chi connectivity index (χ0v) is 11.3. The van der Waals surface area contributed by atoms with Gasteiger partial charge >= 0.3 is 5.97 Å². The quantitative estimate of drug-likeness (QED) is 0.537. The van der Waals surface area contributed by atoms with Crippen molar-refractivity contribution in [2.24, 2.45) is 0 Å². The molecule has 5 heteroatoms. The van der Waals surface area contributed by atoms with Crippen LogP contribution in [0.4, 0.5) is 4.39 Å². The van der Waals surface area contributed by atoms with Gasteiger partial charge in [-0.1, -0.05) is 6.07 Å².